The number of hydrogen-bond donors (Lipinski definition) is 0. The molecule has 0 bridgehead atoms. The molecule has 0 aromatic heterocycles. The Hall–Kier alpha value is -0.490. The van der Waals surface area contributed by atoms with Crippen molar-refractivity contribution in [2.75, 3.05) is 0 Å². The van der Waals surface area contributed by atoms with Crippen LogP contribution in [0, 0.1) is 11.3 Å². The molecule has 1 unspecified atom stereocenters. The molecule has 1 fully saturated rings. The second-order valence-electron chi connectivity index (χ2n) is 9.00. The predicted octanol–water partition coefficient (Wildman–Crippen LogP) is 4.20. The van der Waals surface area contributed by atoms with Gasteiger partial charge in [0.2, 0.25) is 0 Å². The van der Waals surface area contributed by atoms with Gasteiger partial charge in [0.1, 0.15) is 0 Å². The molecule has 1 aliphatic carbocycles. The van der Waals surface area contributed by atoms with E-state index in [1.165, 1.54) is 0 Å². The molecule has 5 nitrogen and oxygen atoms in total. The molecule has 130 valence electrons. The Labute approximate surface area is 134 Å². The van der Waals surface area contributed by atoms with E-state index in [1.807, 2.05) is 55.4 Å². The fourth-order valence-corrected chi connectivity index (χ4v) is 2.61. The van der Waals surface area contributed by atoms with Gasteiger partial charge >= 0.3 is 0 Å². The number of ketones is 1. The minimum Gasteiger partial charge on any atom is -0.293 e. The van der Waals surface area contributed by atoms with Crippen molar-refractivity contribution in [3.63, 3.8) is 0 Å². The summed E-state index contributed by atoms with van der Waals surface area (Å²) in [7, 11) is 0. The molecular weight excluding hydrogens is 284 g/mol. The molecular formula is C17H32O5. The first-order valence-corrected chi connectivity index (χ1v) is 7.95. The average Bonchev–Trinajstić information content (AvgIpc) is 2.23. The van der Waals surface area contributed by atoms with Gasteiger partial charge in [-0.2, -0.15) is 9.78 Å². The highest BCUT2D eigenvalue weighted by Gasteiger charge is 2.60. The van der Waals surface area contributed by atoms with Crippen LogP contribution in [-0.2, 0) is 24.3 Å². The molecule has 0 aromatic rings. The van der Waals surface area contributed by atoms with Gasteiger partial charge in [0.05, 0.1) is 11.2 Å². The van der Waals surface area contributed by atoms with E-state index in [2.05, 4.69) is 6.92 Å². The first-order valence-electron chi connectivity index (χ1n) is 7.95. The summed E-state index contributed by atoms with van der Waals surface area (Å²) in [6, 6.07) is 0. The highest BCUT2D eigenvalue weighted by Crippen LogP contribution is 2.48. The van der Waals surface area contributed by atoms with Crippen LogP contribution >= 0.6 is 0 Å². The maximum absolute atomic E-state index is 12.8. The van der Waals surface area contributed by atoms with E-state index in [0.29, 0.717) is 6.42 Å². The second-order valence-corrected chi connectivity index (χ2v) is 9.00. The van der Waals surface area contributed by atoms with Crippen LogP contribution in [0.25, 0.3) is 0 Å². The molecule has 0 radical (unpaired) electrons. The molecule has 0 aliphatic heterocycles. The van der Waals surface area contributed by atoms with E-state index < -0.39 is 22.4 Å². The number of carbonyl (C=O) groups is 1. The number of hydrogen-bond acceptors (Lipinski definition) is 5. The van der Waals surface area contributed by atoms with Crippen LogP contribution < -0.4 is 0 Å². The standard InChI is InChI=1S/C17H32O5/c1-12-10-13(18)17(16(8,9)11-12,21-19-14(2,3)4)22-20-15(5,6)7/h12H,10-11H2,1-9H3. The van der Waals surface area contributed by atoms with Gasteiger partial charge in [-0.3, -0.25) is 4.79 Å². The monoisotopic (exact) mass is 316 g/mol. The molecule has 0 spiro atoms. The molecule has 0 amide bonds. The van der Waals surface area contributed by atoms with Gasteiger partial charge in [-0.1, -0.05) is 20.8 Å². The third-order valence-corrected chi connectivity index (χ3v) is 3.47. The lowest BCUT2D eigenvalue weighted by molar-refractivity contribution is -0.546. The minimum absolute atomic E-state index is 0.148. The number of rotatable bonds is 4. The van der Waals surface area contributed by atoms with Crippen LogP contribution in [0.4, 0.5) is 0 Å². The van der Waals surface area contributed by atoms with Crippen LogP contribution in [-0.4, -0.2) is 22.8 Å². The molecule has 0 N–H and O–H groups in total. The van der Waals surface area contributed by atoms with Crippen LogP contribution in [0.15, 0.2) is 0 Å². The maximum atomic E-state index is 12.8. The van der Waals surface area contributed by atoms with Crippen molar-refractivity contribution in [1.82, 2.24) is 0 Å². The van der Waals surface area contributed by atoms with Crippen molar-refractivity contribution in [3.8, 4) is 0 Å². The summed E-state index contributed by atoms with van der Waals surface area (Å²) < 4.78 is 0. The normalized spacial score (nSPS) is 25.3. The molecule has 0 saturated heterocycles. The van der Waals surface area contributed by atoms with Crippen LogP contribution in [0.1, 0.15) is 75.2 Å². The first kappa shape index (κ1) is 19.6. The molecule has 1 rings (SSSR count). The van der Waals surface area contributed by atoms with Gasteiger partial charge in [0.15, 0.2) is 5.78 Å². The van der Waals surface area contributed by atoms with E-state index in [4.69, 9.17) is 19.6 Å². The maximum Gasteiger partial charge on any atom is 0.296 e. The summed E-state index contributed by atoms with van der Waals surface area (Å²) in [6.45, 7) is 17.1. The molecule has 22 heavy (non-hydrogen) atoms. The summed E-state index contributed by atoms with van der Waals surface area (Å²) >= 11 is 0. The van der Waals surface area contributed by atoms with Crippen molar-refractivity contribution in [3.05, 3.63) is 0 Å². The van der Waals surface area contributed by atoms with E-state index in [9.17, 15) is 4.79 Å². The van der Waals surface area contributed by atoms with E-state index >= 15 is 0 Å². The Morgan fingerprint density at radius 3 is 1.68 bits per heavy atom. The number of Topliss-reactive ketones (excluding diaryl/α,β-unsaturated/α-hetero) is 1. The zero-order valence-corrected chi connectivity index (χ0v) is 15.5. The van der Waals surface area contributed by atoms with Gasteiger partial charge in [0.25, 0.3) is 5.79 Å². The van der Waals surface area contributed by atoms with Crippen molar-refractivity contribution in [2.24, 2.45) is 11.3 Å². The molecule has 1 atom stereocenters. The topological polar surface area (TPSA) is 54.0 Å². The summed E-state index contributed by atoms with van der Waals surface area (Å²) in [6.07, 6.45) is 1.16. The third kappa shape index (κ3) is 4.75. The van der Waals surface area contributed by atoms with E-state index in [-0.39, 0.29) is 11.7 Å². The van der Waals surface area contributed by atoms with Gasteiger partial charge in [-0.05, 0) is 53.9 Å². The number of carbonyl (C=O) groups excluding carboxylic acids is 1. The zero-order chi connectivity index (χ0) is 17.4. The lowest BCUT2D eigenvalue weighted by Crippen LogP contribution is -2.60. The quantitative estimate of drug-likeness (QED) is 0.442. The van der Waals surface area contributed by atoms with E-state index in [1.54, 1.807) is 0 Å². The minimum atomic E-state index is -1.56. The lowest BCUT2D eigenvalue weighted by Gasteiger charge is -2.48. The van der Waals surface area contributed by atoms with Crippen molar-refractivity contribution in [1.29, 1.82) is 0 Å². The van der Waals surface area contributed by atoms with Crippen molar-refractivity contribution >= 4 is 5.78 Å². The molecule has 0 aromatic carbocycles. The van der Waals surface area contributed by atoms with Gasteiger partial charge in [-0.15, -0.1) is 0 Å². The molecule has 1 aliphatic rings. The van der Waals surface area contributed by atoms with Crippen LogP contribution in [0.2, 0.25) is 0 Å². The molecule has 0 heterocycles. The smallest absolute Gasteiger partial charge is 0.293 e. The fraction of sp³-hybridized carbons (Fsp3) is 0.941. The first-order chi connectivity index (χ1) is 9.69. The van der Waals surface area contributed by atoms with Gasteiger partial charge < -0.3 is 0 Å². The Balaban J connectivity index is 3.10. The Morgan fingerprint density at radius 1 is 0.955 bits per heavy atom. The van der Waals surface area contributed by atoms with Gasteiger partial charge in [0, 0.05) is 11.8 Å². The van der Waals surface area contributed by atoms with Crippen LogP contribution in [0.5, 0.6) is 0 Å². The Morgan fingerprint density at radius 2 is 1.36 bits per heavy atom. The zero-order valence-electron chi connectivity index (χ0n) is 15.5. The summed E-state index contributed by atoms with van der Waals surface area (Å²) in [5.41, 5.74) is -1.69. The summed E-state index contributed by atoms with van der Waals surface area (Å²) in [4.78, 5) is 34.9. The summed E-state index contributed by atoms with van der Waals surface area (Å²) in [5.74, 6) is -1.43. The van der Waals surface area contributed by atoms with Crippen LogP contribution in [0.3, 0.4) is 0 Å². The fourth-order valence-electron chi connectivity index (χ4n) is 2.61. The van der Waals surface area contributed by atoms with Crippen molar-refractivity contribution < 1.29 is 24.3 Å². The largest absolute Gasteiger partial charge is 0.296 e. The average molecular weight is 316 g/mol. The molecule has 5 heteroatoms. The highest BCUT2D eigenvalue weighted by atomic mass is 17.3. The Kier molecular flexibility index (Phi) is 5.50. The SMILES string of the molecule is CC1CC(=O)C(OOC(C)(C)C)(OOC(C)(C)C)C(C)(C)C1. The summed E-state index contributed by atoms with van der Waals surface area (Å²) in [5, 5.41) is 0. The van der Waals surface area contributed by atoms with E-state index in [0.717, 1.165) is 6.42 Å². The highest BCUT2D eigenvalue weighted by molar-refractivity contribution is 5.87. The molecule has 1 saturated carbocycles. The lowest BCUT2D eigenvalue weighted by atomic mass is 9.67. The van der Waals surface area contributed by atoms with Crippen molar-refractivity contribution in [2.45, 2.75) is 92.1 Å². The Bertz CT molecular complexity index is 382. The van der Waals surface area contributed by atoms with Gasteiger partial charge in [-0.25, -0.2) is 9.78 Å². The third-order valence-electron chi connectivity index (χ3n) is 3.47. The second kappa shape index (κ2) is 6.19. The predicted molar refractivity (Wildman–Crippen MR) is 83.8 cm³/mol.